The first kappa shape index (κ1) is 18.1. The lowest BCUT2D eigenvalue weighted by atomic mass is 9.72. The molecule has 4 fully saturated rings. The summed E-state index contributed by atoms with van der Waals surface area (Å²) in [6.07, 6.45) is 1.51. The predicted octanol–water partition coefficient (Wildman–Crippen LogP) is 0.916. The van der Waals surface area contributed by atoms with E-state index >= 15 is 0 Å². The van der Waals surface area contributed by atoms with Crippen LogP contribution in [0.5, 0.6) is 0 Å². The van der Waals surface area contributed by atoms with Gasteiger partial charge in [-0.25, -0.2) is 8.78 Å². The summed E-state index contributed by atoms with van der Waals surface area (Å²) in [7, 11) is 0. The van der Waals surface area contributed by atoms with Crippen molar-refractivity contribution >= 4 is 11.8 Å². The van der Waals surface area contributed by atoms with Crippen molar-refractivity contribution < 1.29 is 28.6 Å². The Kier molecular flexibility index (Phi) is 3.76. The van der Waals surface area contributed by atoms with E-state index in [1.165, 1.54) is 17.2 Å². The number of amides is 2. The molecule has 1 atom stereocenters. The molecule has 5 aliphatic rings. The molecule has 2 bridgehead atoms. The van der Waals surface area contributed by atoms with Crippen molar-refractivity contribution in [3.63, 3.8) is 0 Å². The van der Waals surface area contributed by atoms with Gasteiger partial charge in [0.05, 0.1) is 11.1 Å². The number of piperazine rings is 1. The van der Waals surface area contributed by atoms with Crippen LogP contribution in [0.3, 0.4) is 0 Å². The SMILES string of the molecule is O=C(NCc1ccc(F)cc1F)C1=CN2CC34CC(CN3C(=O)C2=C(O)C1O)C4. The van der Waals surface area contributed by atoms with E-state index in [2.05, 4.69) is 5.32 Å². The van der Waals surface area contributed by atoms with Gasteiger partial charge >= 0.3 is 0 Å². The first-order valence-electron chi connectivity index (χ1n) is 9.43. The molecule has 1 aromatic rings. The summed E-state index contributed by atoms with van der Waals surface area (Å²) >= 11 is 0. The van der Waals surface area contributed by atoms with Crippen LogP contribution in [0.4, 0.5) is 8.78 Å². The molecule has 0 radical (unpaired) electrons. The third kappa shape index (κ3) is 2.57. The van der Waals surface area contributed by atoms with E-state index in [-0.39, 0.29) is 34.8 Å². The molecular formula is C20H19F2N3O4. The average molecular weight is 403 g/mol. The van der Waals surface area contributed by atoms with Crippen molar-refractivity contribution in [2.45, 2.75) is 31.0 Å². The van der Waals surface area contributed by atoms with Crippen molar-refractivity contribution in [3.05, 3.63) is 58.6 Å². The number of rotatable bonds is 3. The Morgan fingerprint density at radius 1 is 1.31 bits per heavy atom. The van der Waals surface area contributed by atoms with E-state index in [0.29, 0.717) is 19.0 Å². The number of benzene rings is 1. The van der Waals surface area contributed by atoms with E-state index in [0.717, 1.165) is 25.0 Å². The number of fused-ring (bicyclic) bond motifs is 1. The molecule has 152 valence electrons. The molecule has 9 heteroatoms. The highest BCUT2D eigenvalue weighted by atomic mass is 19.1. The number of hydrogen-bond acceptors (Lipinski definition) is 5. The molecule has 3 N–H and O–H groups in total. The molecule has 1 unspecified atom stereocenters. The van der Waals surface area contributed by atoms with Gasteiger partial charge in [0.25, 0.3) is 11.8 Å². The molecule has 29 heavy (non-hydrogen) atoms. The van der Waals surface area contributed by atoms with Crippen molar-refractivity contribution in [1.29, 1.82) is 0 Å². The number of nitrogens with one attached hydrogen (secondary N) is 1. The normalized spacial score (nSPS) is 29.9. The number of nitrogens with zero attached hydrogens (tertiary/aromatic N) is 2. The zero-order valence-electron chi connectivity index (χ0n) is 15.4. The van der Waals surface area contributed by atoms with E-state index in [1.807, 2.05) is 0 Å². The van der Waals surface area contributed by atoms with Gasteiger partial charge in [0.2, 0.25) is 0 Å². The molecule has 4 aliphatic heterocycles. The van der Waals surface area contributed by atoms with Gasteiger partial charge in [-0.15, -0.1) is 0 Å². The van der Waals surface area contributed by atoms with E-state index < -0.39 is 29.4 Å². The van der Waals surface area contributed by atoms with Gasteiger partial charge in [0.15, 0.2) is 5.76 Å². The summed E-state index contributed by atoms with van der Waals surface area (Å²) in [6.45, 7) is 0.884. The molecule has 2 amide bonds. The summed E-state index contributed by atoms with van der Waals surface area (Å²) in [5.41, 5.74) is -0.333. The van der Waals surface area contributed by atoms with Crippen LogP contribution >= 0.6 is 0 Å². The maximum Gasteiger partial charge on any atom is 0.274 e. The third-order valence-corrected chi connectivity index (χ3v) is 6.36. The van der Waals surface area contributed by atoms with Crippen molar-refractivity contribution in [3.8, 4) is 0 Å². The van der Waals surface area contributed by atoms with Crippen molar-refractivity contribution in [2.24, 2.45) is 5.92 Å². The van der Waals surface area contributed by atoms with Crippen molar-refractivity contribution in [2.75, 3.05) is 13.1 Å². The van der Waals surface area contributed by atoms with Crippen LogP contribution in [0.1, 0.15) is 18.4 Å². The molecule has 1 spiro atoms. The third-order valence-electron chi connectivity index (χ3n) is 6.36. The van der Waals surface area contributed by atoms with Crippen LogP contribution in [0.15, 0.2) is 41.4 Å². The molecule has 7 nitrogen and oxygen atoms in total. The highest BCUT2D eigenvalue weighted by Gasteiger charge is 2.62. The van der Waals surface area contributed by atoms with Gasteiger partial charge in [-0.2, -0.15) is 0 Å². The molecule has 4 heterocycles. The van der Waals surface area contributed by atoms with Crippen LogP contribution in [-0.4, -0.2) is 56.6 Å². The fraction of sp³-hybridized carbons (Fsp3) is 0.400. The minimum Gasteiger partial charge on any atom is -0.507 e. The zero-order valence-corrected chi connectivity index (χ0v) is 15.4. The maximum atomic E-state index is 13.8. The maximum absolute atomic E-state index is 13.8. The summed E-state index contributed by atoms with van der Waals surface area (Å²) in [5.74, 6) is -2.66. The molecule has 6 rings (SSSR count). The van der Waals surface area contributed by atoms with E-state index in [4.69, 9.17) is 0 Å². The smallest absolute Gasteiger partial charge is 0.274 e. The van der Waals surface area contributed by atoms with Crippen molar-refractivity contribution in [1.82, 2.24) is 15.1 Å². The van der Waals surface area contributed by atoms with Gasteiger partial charge in [0.1, 0.15) is 23.4 Å². The van der Waals surface area contributed by atoms with Gasteiger partial charge < -0.3 is 25.3 Å². The lowest BCUT2D eigenvalue weighted by Gasteiger charge is -2.50. The second-order valence-electron chi connectivity index (χ2n) is 8.18. The Bertz CT molecular complexity index is 999. The standard InChI is InChI=1S/C20H19F2N3O4/c21-12-2-1-11(14(22)3-12)6-23-18(28)13-8-24-9-20-4-10(5-20)7-25(20)19(29)15(24)17(27)16(13)26/h1-3,8,10,16,26-27H,4-7,9H2,(H,23,28). The molecule has 1 saturated carbocycles. The summed E-state index contributed by atoms with van der Waals surface area (Å²) in [6, 6.07) is 3.02. The molecular weight excluding hydrogens is 384 g/mol. The number of carbonyl (C=O) groups excluding carboxylic acids is 2. The minimum absolute atomic E-state index is 0.00296. The monoisotopic (exact) mass is 403 g/mol. The molecule has 3 saturated heterocycles. The van der Waals surface area contributed by atoms with Gasteiger partial charge in [0, 0.05) is 37.5 Å². The quantitative estimate of drug-likeness (QED) is 0.698. The van der Waals surface area contributed by atoms with Gasteiger partial charge in [-0.1, -0.05) is 6.07 Å². The minimum atomic E-state index is -1.66. The van der Waals surface area contributed by atoms with Crippen LogP contribution in [0.25, 0.3) is 0 Å². The van der Waals surface area contributed by atoms with Crippen LogP contribution in [-0.2, 0) is 16.1 Å². The van der Waals surface area contributed by atoms with Gasteiger partial charge in [-0.3, -0.25) is 9.59 Å². The van der Waals surface area contributed by atoms with Crippen LogP contribution < -0.4 is 5.32 Å². The Morgan fingerprint density at radius 3 is 2.79 bits per heavy atom. The number of carbonyl (C=O) groups is 2. The first-order chi connectivity index (χ1) is 13.8. The van der Waals surface area contributed by atoms with E-state index in [9.17, 15) is 28.6 Å². The number of aliphatic hydroxyl groups is 2. The lowest BCUT2D eigenvalue weighted by molar-refractivity contribution is -0.137. The Balaban J connectivity index is 1.37. The number of aliphatic hydroxyl groups excluding tert-OH is 2. The highest BCUT2D eigenvalue weighted by Crippen LogP contribution is 2.54. The molecule has 1 aliphatic carbocycles. The first-order valence-corrected chi connectivity index (χ1v) is 9.43. The molecule has 1 aromatic carbocycles. The summed E-state index contributed by atoms with van der Waals surface area (Å²) in [4.78, 5) is 28.7. The largest absolute Gasteiger partial charge is 0.507 e. The second-order valence-corrected chi connectivity index (χ2v) is 8.18. The van der Waals surface area contributed by atoms with Gasteiger partial charge in [-0.05, 0) is 24.8 Å². The highest BCUT2D eigenvalue weighted by molar-refractivity contribution is 6.00. The Labute approximate surface area is 164 Å². The summed E-state index contributed by atoms with van der Waals surface area (Å²) < 4.78 is 26.8. The topological polar surface area (TPSA) is 93.1 Å². The van der Waals surface area contributed by atoms with Crippen LogP contribution in [0, 0.1) is 17.6 Å². The molecule has 0 aromatic heterocycles. The Morgan fingerprint density at radius 2 is 2.07 bits per heavy atom. The Hall–Kier alpha value is -2.94. The lowest BCUT2D eigenvalue weighted by Crippen LogP contribution is -2.61. The number of hydrogen-bond donors (Lipinski definition) is 3. The zero-order chi connectivity index (χ0) is 20.5. The fourth-order valence-electron chi connectivity index (χ4n) is 4.98. The number of halogens is 2. The predicted molar refractivity (Wildman–Crippen MR) is 95.8 cm³/mol. The average Bonchev–Trinajstić information content (AvgIpc) is 3.19. The second kappa shape index (κ2) is 6.03. The van der Waals surface area contributed by atoms with Crippen LogP contribution in [0.2, 0.25) is 0 Å². The van der Waals surface area contributed by atoms with E-state index in [1.54, 1.807) is 4.90 Å². The fourth-order valence-corrected chi connectivity index (χ4v) is 4.98. The summed E-state index contributed by atoms with van der Waals surface area (Å²) in [5, 5.41) is 23.3.